The topological polar surface area (TPSA) is 70.0 Å². The molecule has 2 aromatic rings. The number of ether oxygens (including phenoxy) is 1. The van der Waals surface area contributed by atoms with Crippen LogP contribution in [0.25, 0.3) is 0 Å². The number of carboxylic acid groups (broad SMARTS) is 1. The summed E-state index contributed by atoms with van der Waals surface area (Å²) in [6, 6.07) is 16.9. The average molecular weight is 412 g/mol. The maximum absolute atomic E-state index is 10.8. The molecule has 5 nitrogen and oxygen atoms in total. The van der Waals surface area contributed by atoms with Gasteiger partial charge in [-0.05, 0) is 63.4 Å². The largest absolute Gasteiger partial charge is 0.508 e. The van der Waals surface area contributed by atoms with Crippen molar-refractivity contribution in [2.24, 2.45) is 0 Å². The summed E-state index contributed by atoms with van der Waals surface area (Å²) >= 11 is 0. The van der Waals surface area contributed by atoms with Gasteiger partial charge in [0.25, 0.3) is 0 Å². The lowest BCUT2D eigenvalue weighted by Gasteiger charge is -2.44. The van der Waals surface area contributed by atoms with E-state index in [1.165, 1.54) is 5.56 Å². The zero-order chi connectivity index (χ0) is 21.6. The Balaban J connectivity index is 1.84. The Bertz CT molecular complexity index is 826. The van der Waals surface area contributed by atoms with Crippen LogP contribution in [0.15, 0.2) is 48.5 Å². The highest BCUT2D eigenvalue weighted by molar-refractivity contribution is 5.66. The van der Waals surface area contributed by atoms with Crippen molar-refractivity contribution < 1.29 is 19.7 Å². The van der Waals surface area contributed by atoms with Gasteiger partial charge in [-0.3, -0.25) is 4.79 Å². The van der Waals surface area contributed by atoms with Gasteiger partial charge in [-0.2, -0.15) is 0 Å². The number of phenolic OH excluding ortho intramolecular Hbond substituents is 1. The molecule has 0 amide bonds. The van der Waals surface area contributed by atoms with Crippen LogP contribution in [0.2, 0.25) is 0 Å². The van der Waals surface area contributed by atoms with Gasteiger partial charge in [-0.1, -0.05) is 42.5 Å². The molecular formula is C25H33NO4. The van der Waals surface area contributed by atoms with Gasteiger partial charge in [0.1, 0.15) is 5.75 Å². The number of piperidine rings is 1. The van der Waals surface area contributed by atoms with Gasteiger partial charge in [-0.15, -0.1) is 0 Å². The van der Waals surface area contributed by atoms with Crippen molar-refractivity contribution in [3.05, 3.63) is 65.2 Å². The summed E-state index contributed by atoms with van der Waals surface area (Å²) in [4.78, 5) is 13.1. The fourth-order valence-corrected chi connectivity index (χ4v) is 4.47. The van der Waals surface area contributed by atoms with E-state index in [1.54, 1.807) is 6.07 Å². The maximum Gasteiger partial charge on any atom is 0.305 e. The van der Waals surface area contributed by atoms with Crippen LogP contribution in [0, 0.1) is 0 Å². The Labute approximate surface area is 179 Å². The van der Waals surface area contributed by atoms with Crippen LogP contribution >= 0.6 is 0 Å². The fourth-order valence-electron chi connectivity index (χ4n) is 4.47. The SMILES string of the molecule is CC(C)N1CCC(c2ccccc2)(c2cc(CCOCCC(=O)O)ccc2O)CC1. The van der Waals surface area contributed by atoms with Gasteiger partial charge in [0, 0.05) is 17.0 Å². The number of carboxylic acids is 1. The Kier molecular flexibility index (Phi) is 7.51. The number of hydrogen-bond donors (Lipinski definition) is 2. The second-order valence-electron chi connectivity index (χ2n) is 8.44. The number of hydrogen-bond acceptors (Lipinski definition) is 4. The standard InChI is InChI=1S/C25H33NO4/c1-19(2)26-14-12-25(13-15-26,21-6-4-3-5-7-21)22-18-20(8-9-23(22)27)10-16-30-17-11-24(28)29/h3-9,18-19,27H,10-17H2,1-2H3,(H,28,29). The van der Waals surface area contributed by atoms with Gasteiger partial charge >= 0.3 is 5.97 Å². The summed E-state index contributed by atoms with van der Waals surface area (Å²) in [7, 11) is 0. The highest BCUT2D eigenvalue weighted by Gasteiger charge is 2.40. The molecule has 0 spiro atoms. The quantitative estimate of drug-likeness (QED) is 0.605. The van der Waals surface area contributed by atoms with Crippen molar-refractivity contribution in [1.82, 2.24) is 4.90 Å². The second kappa shape index (κ2) is 10.1. The summed E-state index contributed by atoms with van der Waals surface area (Å²) < 4.78 is 5.46. The van der Waals surface area contributed by atoms with E-state index in [0.717, 1.165) is 37.1 Å². The molecule has 30 heavy (non-hydrogen) atoms. The molecule has 0 saturated carbocycles. The maximum atomic E-state index is 10.8. The van der Waals surface area contributed by atoms with E-state index < -0.39 is 5.97 Å². The van der Waals surface area contributed by atoms with E-state index >= 15 is 0 Å². The van der Waals surface area contributed by atoms with Crippen molar-refractivity contribution in [2.75, 3.05) is 26.3 Å². The van der Waals surface area contributed by atoms with E-state index in [1.807, 2.05) is 12.1 Å². The van der Waals surface area contributed by atoms with Crippen molar-refractivity contribution >= 4 is 5.97 Å². The summed E-state index contributed by atoms with van der Waals surface area (Å²) in [5.41, 5.74) is 3.12. The molecule has 162 valence electrons. The Hall–Kier alpha value is -2.37. The van der Waals surface area contributed by atoms with Crippen LogP contribution < -0.4 is 0 Å². The average Bonchev–Trinajstić information content (AvgIpc) is 2.75. The first-order valence-electron chi connectivity index (χ1n) is 10.8. The van der Waals surface area contributed by atoms with Gasteiger partial charge in [0.2, 0.25) is 0 Å². The van der Waals surface area contributed by atoms with Crippen molar-refractivity contribution in [2.45, 2.75) is 51.0 Å². The molecule has 3 rings (SSSR count). The number of aromatic hydroxyl groups is 1. The molecule has 0 aromatic heterocycles. The van der Waals surface area contributed by atoms with E-state index in [-0.39, 0.29) is 18.4 Å². The zero-order valence-electron chi connectivity index (χ0n) is 18.0. The van der Waals surface area contributed by atoms with Crippen LogP contribution in [-0.4, -0.2) is 53.4 Å². The summed E-state index contributed by atoms with van der Waals surface area (Å²) in [6.07, 6.45) is 2.63. The molecular weight excluding hydrogens is 378 g/mol. The minimum absolute atomic E-state index is 0.0182. The zero-order valence-corrected chi connectivity index (χ0v) is 18.0. The molecule has 1 saturated heterocycles. The van der Waals surface area contributed by atoms with Crippen LogP contribution in [-0.2, 0) is 21.4 Å². The minimum atomic E-state index is -0.848. The molecule has 1 heterocycles. The number of benzene rings is 2. The van der Waals surface area contributed by atoms with Gasteiger partial charge in [0.15, 0.2) is 0 Å². The molecule has 1 aliphatic rings. The molecule has 0 radical (unpaired) electrons. The monoisotopic (exact) mass is 411 g/mol. The molecule has 0 atom stereocenters. The summed E-state index contributed by atoms with van der Waals surface area (Å²) in [5, 5.41) is 19.6. The lowest BCUT2D eigenvalue weighted by atomic mass is 9.67. The van der Waals surface area contributed by atoms with Crippen molar-refractivity contribution in [1.29, 1.82) is 0 Å². The number of carbonyl (C=O) groups is 1. The van der Waals surface area contributed by atoms with Crippen LogP contribution in [0.5, 0.6) is 5.75 Å². The van der Waals surface area contributed by atoms with E-state index in [4.69, 9.17) is 9.84 Å². The normalized spacial score (nSPS) is 16.6. The molecule has 0 unspecified atom stereocenters. The first kappa shape index (κ1) is 22.3. The highest BCUT2D eigenvalue weighted by atomic mass is 16.5. The summed E-state index contributed by atoms with van der Waals surface area (Å²) in [6.45, 7) is 7.15. The Morgan fingerprint density at radius 3 is 2.43 bits per heavy atom. The van der Waals surface area contributed by atoms with E-state index in [9.17, 15) is 9.90 Å². The van der Waals surface area contributed by atoms with Crippen molar-refractivity contribution in [3.8, 4) is 5.75 Å². The number of nitrogens with zero attached hydrogens (tertiary/aromatic N) is 1. The third-order valence-electron chi connectivity index (χ3n) is 6.28. The molecule has 0 bridgehead atoms. The van der Waals surface area contributed by atoms with E-state index in [2.05, 4.69) is 49.1 Å². The third-order valence-corrected chi connectivity index (χ3v) is 6.28. The predicted octanol–water partition coefficient (Wildman–Crippen LogP) is 4.22. The number of likely N-dealkylation sites (tertiary alicyclic amines) is 1. The Morgan fingerprint density at radius 2 is 1.80 bits per heavy atom. The van der Waals surface area contributed by atoms with E-state index in [0.29, 0.717) is 24.8 Å². The van der Waals surface area contributed by atoms with Crippen molar-refractivity contribution in [3.63, 3.8) is 0 Å². The van der Waals surface area contributed by atoms with Gasteiger partial charge < -0.3 is 19.8 Å². The first-order valence-corrected chi connectivity index (χ1v) is 10.8. The highest BCUT2D eigenvalue weighted by Crippen LogP contribution is 2.45. The molecule has 1 aliphatic heterocycles. The second-order valence-corrected chi connectivity index (χ2v) is 8.44. The molecule has 2 aromatic carbocycles. The molecule has 5 heteroatoms. The number of phenols is 1. The van der Waals surface area contributed by atoms with Crippen LogP contribution in [0.3, 0.4) is 0 Å². The fraction of sp³-hybridized carbons (Fsp3) is 0.480. The first-order chi connectivity index (χ1) is 14.4. The van der Waals surface area contributed by atoms with Crippen LogP contribution in [0.1, 0.15) is 49.8 Å². The predicted molar refractivity (Wildman–Crippen MR) is 118 cm³/mol. The van der Waals surface area contributed by atoms with Gasteiger partial charge in [0.05, 0.1) is 19.6 Å². The molecule has 0 aliphatic carbocycles. The lowest BCUT2D eigenvalue weighted by Crippen LogP contribution is -2.45. The molecule has 1 fully saturated rings. The molecule has 2 N–H and O–H groups in total. The number of aliphatic carboxylic acids is 1. The van der Waals surface area contributed by atoms with Gasteiger partial charge in [-0.25, -0.2) is 0 Å². The lowest BCUT2D eigenvalue weighted by molar-refractivity contribution is -0.138. The third kappa shape index (κ3) is 5.21. The summed E-state index contributed by atoms with van der Waals surface area (Å²) in [5.74, 6) is -0.508. The number of rotatable bonds is 9. The Morgan fingerprint density at radius 1 is 1.10 bits per heavy atom. The smallest absolute Gasteiger partial charge is 0.305 e. The van der Waals surface area contributed by atoms with Crippen LogP contribution in [0.4, 0.5) is 0 Å². The minimum Gasteiger partial charge on any atom is -0.508 e.